The molecule has 0 aliphatic rings. The first-order valence-electron chi connectivity index (χ1n) is 7.95. The van der Waals surface area contributed by atoms with Crippen molar-refractivity contribution in [2.75, 3.05) is 5.32 Å². The van der Waals surface area contributed by atoms with E-state index in [9.17, 15) is 14.7 Å². The number of hydrogen-bond donors (Lipinski definition) is 1. The third-order valence-electron chi connectivity index (χ3n) is 4.12. The highest BCUT2D eigenvalue weighted by Gasteiger charge is 2.16. The molecule has 0 aliphatic heterocycles. The number of carboxylic acid groups (broad SMARTS) is 1. The van der Waals surface area contributed by atoms with Crippen molar-refractivity contribution >= 4 is 29.2 Å². The summed E-state index contributed by atoms with van der Waals surface area (Å²) in [7, 11) is 0. The van der Waals surface area contributed by atoms with Crippen LogP contribution in [0.4, 0.5) is 5.69 Å². The number of anilines is 1. The van der Waals surface area contributed by atoms with Crippen LogP contribution in [-0.4, -0.2) is 11.9 Å². The van der Waals surface area contributed by atoms with Gasteiger partial charge in [-0.2, -0.15) is 0 Å². The molecule has 0 spiro atoms. The van der Waals surface area contributed by atoms with Crippen LogP contribution in [-0.2, 0) is 0 Å². The van der Waals surface area contributed by atoms with Gasteiger partial charge in [-0.05, 0) is 41.8 Å². The number of nitrogens with one attached hydrogen (secondary N) is 1. The second-order valence-corrected chi connectivity index (χ2v) is 6.15. The van der Waals surface area contributed by atoms with Crippen LogP contribution in [0.15, 0.2) is 66.7 Å². The first-order chi connectivity index (χ1) is 12.5. The van der Waals surface area contributed by atoms with Crippen LogP contribution in [0.25, 0.3) is 11.1 Å². The molecule has 0 unspecified atom stereocenters. The maximum Gasteiger partial charge on any atom is 0.256 e. The highest BCUT2D eigenvalue weighted by Crippen LogP contribution is 2.29. The predicted molar refractivity (Wildman–Crippen MR) is 100 cm³/mol. The predicted octanol–water partition coefficient (Wildman–Crippen LogP) is 3.93. The Bertz CT molecular complexity index is 998. The Labute approximate surface area is 156 Å². The van der Waals surface area contributed by atoms with Gasteiger partial charge in [-0.1, -0.05) is 60.1 Å². The van der Waals surface area contributed by atoms with Crippen LogP contribution in [0.5, 0.6) is 0 Å². The minimum absolute atomic E-state index is 0.0340. The van der Waals surface area contributed by atoms with Crippen molar-refractivity contribution in [1.29, 1.82) is 0 Å². The standard InChI is InChI=1S/C21H16ClNO3/c1-13-18(22)11-6-12-19(13)23-20(24)16-9-4-2-7-14(16)15-8-3-5-10-17(15)21(25)26/h2-12H,1H3,(H,23,24)(H,25,26)/p-1. The zero-order chi connectivity index (χ0) is 18.7. The fraction of sp³-hybridized carbons (Fsp3) is 0.0476. The molecule has 0 saturated carbocycles. The maximum absolute atomic E-state index is 12.8. The number of aromatic carboxylic acids is 1. The number of benzene rings is 3. The number of hydrogen-bond acceptors (Lipinski definition) is 3. The van der Waals surface area contributed by atoms with Gasteiger partial charge in [0.05, 0.1) is 5.97 Å². The molecule has 3 aromatic rings. The molecule has 0 radical (unpaired) electrons. The number of carbonyl (C=O) groups excluding carboxylic acids is 2. The summed E-state index contributed by atoms with van der Waals surface area (Å²) in [6, 6.07) is 18.5. The summed E-state index contributed by atoms with van der Waals surface area (Å²) < 4.78 is 0. The summed E-state index contributed by atoms with van der Waals surface area (Å²) in [5, 5.41) is 14.8. The summed E-state index contributed by atoms with van der Waals surface area (Å²) in [5.41, 5.74) is 2.71. The smallest absolute Gasteiger partial charge is 0.256 e. The molecule has 3 rings (SSSR count). The van der Waals surface area contributed by atoms with Gasteiger partial charge in [0.2, 0.25) is 0 Å². The number of amides is 1. The first-order valence-corrected chi connectivity index (χ1v) is 8.33. The zero-order valence-corrected chi connectivity index (χ0v) is 14.7. The number of carboxylic acids is 1. The van der Waals surface area contributed by atoms with Crippen molar-refractivity contribution in [2.45, 2.75) is 6.92 Å². The molecule has 0 aromatic heterocycles. The van der Waals surface area contributed by atoms with Gasteiger partial charge in [-0.15, -0.1) is 0 Å². The van der Waals surface area contributed by atoms with Crippen molar-refractivity contribution < 1.29 is 14.7 Å². The SMILES string of the molecule is Cc1c(Cl)cccc1NC(=O)c1ccccc1-c1ccccc1C(=O)[O-]. The molecular weight excluding hydrogens is 350 g/mol. The molecule has 0 atom stereocenters. The van der Waals surface area contributed by atoms with Gasteiger partial charge < -0.3 is 15.2 Å². The lowest BCUT2D eigenvalue weighted by Gasteiger charge is -2.15. The van der Waals surface area contributed by atoms with Crippen LogP contribution in [0.2, 0.25) is 5.02 Å². The molecule has 5 heteroatoms. The van der Waals surface area contributed by atoms with Crippen molar-refractivity contribution in [1.82, 2.24) is 0 Å². The van der Waals surface area contributed by atoms with Crippen molar-refractivity contribution in [3.05, 3.63) is 88.4 Å². The van der Waals surface area contributed by atoms with Crippen LogP contribution in [0, 0.1) is 6.92 Å². The van der Waals surface area contributed by atoms with E-state index in [1.54, 1.807) is 60.7 Å². The minimum atomic E-state index is -1.29. The van der Waals surface area contributed by atoms with E-state index in [1.165, 1.54) is 6.07 Å². The summed E-state index contributed by atoms with van der Waals surface area (Å²) in [6.45, 7) is 1.81. The monoisotopic (exact) mass is 364 g/mol. The molecule has 0 aliphatic carbocycles. The highest BCUT2D eigenvalue weighted by atomic mass is 35.5. The number of halogens is 1. The second kappa shape index (κ2) is 7.42. The molecule has 0 fully saturated rings. The molecule has 0 saturated heterocycles. The Balaban J connectivity index is 2.04. The Morgan fingerprint density at radius 3 is 2.08 bits per heavy atom. The quantitative estimate of drug-likeness (QED) is 0.762. The average molecular weight is 365 g/mol. The van der Waals surface area contributed by atoms with Gasteiger partial charge in [0.1, 0.15) is 0 Å². The number of carbonyl (C=O) groups is 2. The Hall–Kier alpha value is -3.11. The summed E-state index contributed by atoms with van der Waals surface area (Å²) in [4.78, 5) is 24.3. The van der Waals surface area contributed by atoms with E-state index < -0.39 is 5.97 Å². The van der Waals surface area contributed by atoms with Crippen molar-refractivity contribution in [3.63, 3.8) is 0 Å². The van der Waals surface area contributed by atoms with E-state index in [-0.39, 0.29) is 11.5 Å². The molecule has 130 valence electrons. The fourth-order valence-electron chi connectivity index (χ4n) is 2.74. The Morgan fingerprint density at radius 1 is 0.846 bits per heavy atom. The largest absolute Gasteiger partial charge is 0.545 e. The van der Waals surface area contributed by atoms with Gasteiger partial charge in [0.25, 0.3) is 5.91 Å². The van der Waals surface area contributed by atoms with Crippen molar-refractivity contribution in [2.24, 2.45) is 0 Å². The molecule has 0 heterocycles. The molecule has 1 amide bonds. The van der Waals surface area contributed by atoms with E-state index in [2.05, 4.69) is 5.32 Å². The van der Waals surface area contributed by atoms with Crippen LogP contribution >= 0.6 is 11.6 Å². The van der Waals surface area contributed by atoms with Gasteiger partial charge in [0, 0.05) is 21.8 Å². The summed E-state index contributed by atoms with van der Waals surface area (Å²) in [6.07, 6.45) is 0. The minimum Gasteiger partial charge on any atom is -0.545 e. The van der Waals surface area contributed by atoms with E-state index >= 15 is 0 Å². The zero-order valence-electron chi connectivity index (χ0n) is 14.0. The third kappa shape index (κ3) is 3.46. The van der Waals surface area contributed by atoms with Crippen LogP contribution in [0.3, 0.4) is 0 Å². The maximum atomic E-state index is 12.8. The Morgan fingerprint density at radius 2 is 1.42 bits per heavy atom. The van der Waals surface area contributed by atoms with E-state index in [4.69, 9.17) is 11.6 Å². The fourth-order valence-corrected chi connectivity index (χ4v) is 2.92. The second-order valence-electron chi connectivity index (χ2n) is 5.75. The van der Waals surface area contributed by atoms with Crippen LogP contribution < -0.4 is 10.4 Å². The topological polar surface area (TPSA) is 69.2 Å². The summed E-state index contributed by atoms with van der Waals surface area (Å²) in [5.74, 6) is -1.64. The molecule has 0 bridgehead atoms. The Kier molecular flexibility index (Phi) is 5.05. The van der Waals surface area contributed by atoms with Crippen LogP contribution in [0.1, 0.15) is 26.3 Å². The van der Waals surface area contributed by atoms with E-state index in [1.807, 2.05) is 6.92 Å². The van der Waals surface area contributed by atoms with E-state index in [0.29, 0.717) is 27.4 Å². The average Bonchev–Trinajstić information content (AvgIpc) is 2.65. The van der Waals surface area contributed by atoms with Crippen molar-refractivity contribution in [3.8, 4) is 11.1 Å². The first kappa shape index (κ1) is 17.7. The lowest BCUT2D eigenvalue weighted by molar-refractivity contribution is -0.254. The molecule has 4 nitrogen and oxygen atoms in total. The molecular formula is C21H15ClNO3-. The highest BCUT2D eigenvalue weighted by molar-refractivity contribution is 6.31. The molecule has 1 N–H and O–H groups in total. The number of rotatable bonds is 4. The van der Waals surface area contributed by atoms with Gasteiger partial charge in [-0.3, -0.25) is 4.79 Å². The third-order valence-corrected chi connectivity index (χ3v) is 4.53. The lowest BCUT2D eigenvalue weighted by atomic mass is 9.95. The van der Waals surface area contributed by atoms with Gasteiger partial charge in [0.15, 0.2) is 0 Å². The van der Waals surface area contributed by atoms with Gasteiger partial charge >= 0.3 is 0 Å². The molecule has 3 aromatic carbocycles. The molecule has 26 heavy (non-hydrogen) atoms. The van der Waals surface area contributed by atoms with E-state index in [0.717, 1.165) is 5.56 Å². The van der Waals surface area contributed by atoms with Gasteiger partial charge in [-0.25, -0.2) is 0 Å². The normalized spacial score (nSPS) is 10.4. The lowest BCUT2D eigenvalue weighted by Crippen LogP contribution is -2.23. The summed E-state index contributed by atoms with van der Waals surface area (Å²) >= 11 is 6.10.